The van der Waals surface area contributed by atoms with Crippen LogP contribution in [0, 0.1) is 13.8 Å². The van der Waals surface area contributed by atoms with E-state index in [0.717, 1.165) is 16.9 Å². The molecule has 0 fully saturated rings. The summed E-state index contributed by atoms with van der Waals surface area (Å²) >= 11 is 0. The maximum absolute atomic E-state index is 11.1. The van der Waals surface area contributed by atoms with Crippen molar-refractivity contribution in [3.05, 3.63) is 28.8 Å². The first-order valence-electron chi connectivity index (χ1n) is 4.98. The lowest BCUT2D eigenvalue weighted by molar-refractivity contribution is -0.143. The summed E-state index contributed by atoms with van der Waals surface area (Å²) in [5.74, 6) is -0.303. The molecule has 96 valence electrons. The molecule has 1 aromatic rings. The Bertz CT molecular complexity index is 430. The summed E-state index contributed by atoms with van der Waals surface area (Å²) in [6.45, 7) is 5.18. The number of ether oxygens (including phenoxy) is 1. The van der Waals surface area contributed by atoms with Crippen molar-refractivity contribution in [3.8, 4) is 5.75 Å². The zero-order chi connectivity index (χ0) is 12.5. The molecular formula is C12H18ClNO3. The Hall–Kier alpha value is -1.26. The van der Waals surface area contributed by atoms with Gasteiger partial charge in [-0.25, -0.2) is 4.79 Å². The summed E-state index contributed by atoms with van der Waals surface area (Å²) in [6, 6.07) is 3.57. The Morgan fingerprint density at radius 1 is 1.35 bits per heavy atom. The summed E-state index contributed by atoms with van der Waals surface area (Å²) in [5.41, 5.74) is 6.73. The number of aryl methyl sites for hydroxylation is 2. The van der Waals surface area contributed by atoms with Gasteiger partial charge in [0, 0.05) is 0 Å². The number of carbonyl (C=O) groups is 1. The number of hydrogen-bond acceptors (Lipinski definition) is 3. The van der Waals surface area contributed by atoms with Gasteiger partial charge in [0.2, 0.25) is 0 Å². The highest BCUT2D eigenvalue weighted by Gasteiger charge is 2.32. The fourth-order valence-electron chi connectivity index (χ4n) is 1.68. The number of hydrogen-bond donors (Lipinski definition) is 2. The maximum atomic E-state index is 11.1. The first kappa shape index (κ1) is 15.7. The normalized spacial score (nSPS) is 13.5. The highest BCUT2D eigenvalue weighted by molar-refractivity contribution is 5.85. The van der Waals surface area contributed by atoms with Gasteiger partial charge in [-0.15, -0.1) is 12.4 Å². The number of nitrogens with two attached hydrogens (primary N) is 1. The van der Waals surface area contributed by atoms with E-state index in [0.29, 0.717) is 5.56 Å². The molecule has 0 saturated heterocycles. The second kappa shape index (κ2) is 5.38. The van der Waals surface area contributed by atoms with Gasteiger partial charge < -0.3 is 15.6 Å². The quantitative estimate of drug-likeness (QED) is 0.871. The van der Waals surface area contributed by atoms with Crippen LogP contribution in [-0.2, 0) is 10.3 Å². The van der Waals surface area contributed by atoms with Crippen molar-refractivity contribution in [2.24, 2.45) is 5.73 Å². The van der Waals surface area contributed by atoms with Crippen molar-refractivity contribution in [3.63, 3.8) is 0 Å². The van der Waals surface area contributed by atoms with E-state index in [1.165, 1.54) is 6.92 Å². The lowest BCUT2D eigenvalue weighted by Gasteiger charge is -2.23. The molecule has 0 aliphatic heterocycles. The largest absolute Gasteiger partial charge is 0.496 e. The molecule has 17 heavy (non-hydrogen) atoms. The molecule has 1 unspecified atom stereocenters. The number of aliphatic carboxylic acids is 1. The molecule has 0 amide bonds. The highest BCUT2D eigenvalue weighted by atomic mass is 35.5. The third-order valence-electron chi connectivity index (χ3n) is 2.75. The van der Waals surface area contributed by atoms with Gasteiger partial charge in [0.25, 0.3) is 0 Å². The summed E-state index contributed by atoms with van der Waals surface area (Å²) in [7, 11) is 1.58. The first-order chi connectivity index (χ1) is 7.30. The van der Waals surface area contributed by atoms with Gasteiger partial charge in [-0.3, -0.25) is 0 Å². The molecule has 0 aliphatic rings. The van der Waals surface area contributed by atoms with E-state index in [1.807, 2.05) is 13.8 Å². The molecule has 3 N–H and O–H groups in total. The predicted octanol–water partition coefficient (Wildman–Crippen LogP) is 1.99. The minimum atomic E-state index is -1.37. The van der Waals surface area contributed by atoms with E-state index in [1.54, 1.807) is 19.2 Å². The molecule has 0 saturated carbocycles. The van der Waals surface area contributed by atoms with Gasteiger partial charge in [0.1, 0.15) is 11.3 Å². The minimum Gasteiger partial charge on any atom is -0.496 e. The molecule has 4 nitrogen and oxygen atoms in total. The third kappa shape index (κ3) is 2.90. The smallest absolute Gasteiger partial charge is 0.328 e. The van der Waals surface area contributed by atoms with Crippen LogP contribution in [0.15, 0.2) is 12.1 Å². The van der Waals surface area contributed by atoms with Crippen molar-refractivity contribution in [1.29, 1.82) is 0 Å². The first-order valence-corrected chi connectivity index (χ1v) is 4.98. The lowest BCUT2D eigenvalue weighted by atomic mass is 9.88. The average molecular weight is 260 g/mol. The van der Waals surface area contributed by atoms with Crippen LogP contribution in [0.2, 0.25) is 0 Å². The van der Waals surface area contributed by atoms with Crippen LogP contribution >= 0.6 is 12.4 Å². The fraction of sp³-hybridized carbons (Fsp3) is 0.417. The minimum absolute atomic E-state index is 0. The Kier molecular flexibility index (Phi) is 4.98. The predicted molar refractivity (Wildman–Crippen MR) is 68.9 cm³/mol. The molecule has 5 heteroatoms. The Balaban J connectivity index is 0.00000256. The fourth-order valence-corrected chi connectivity index (χ4v) is 1.68. The van der Waals surface area contributed by atoms with Gasteiger partial charge in [-0.1, -0.05) is 0 Å². The van der Waals surface area contributed by atoms with Crippen molar-refractivity contribution in [1.82, 2.24) is 0 Å². The third-order valence-corrected chi connectivity index (χ3v) is 2.75. The number of rotatable bonds is 3. The molecule has 0 heterocycles. The van der Waals surface area contributed by atoms with Crippen LogP contribution < -0.4 is 10.5 Å². The molecule has 0 aliphatic carbocycles. The summed E-state index contributed by atoms with van der Waals surface area (Å²) < 4.78 is 5.17. The van der Waals surface area contributed by atoms with E-state index in [-0.39, 0.29) is 12.4 Å². The van der Waals surface area contributed by atoms with Gasteiger partial charge in [0.15, 0.2) is 0 Å². The topological polar surface area (TPSA) is 72.5 Å². The van der Waals surface area contributed by atoms with Crippen LogP contribution in [0.25, 0.3) is 0 Å². The molecule has 0 bridgehead atoms. The van der Waals surface area contributed by atoms with Crippen molar-refractivity contribution in [2.45, 2.75) is 26.3 Å². The van der Waals surface area contributed by atoms with E-state index >= 15 is 0 Å². The van der Waals surface area contributed by atoms with Crippen LogP contribution in [0.1, 0.15) is 23.6 Å². The average Bonchev–Trinajstić information content (AvgIpc) is 2.20. The van der Waals surface area contributed by atoms with Crippen LogP contribution in [0.5, 0.6) is 5.75 Å². The molecule has 0 aromatic heterocycles. The Morgan fingerprint density at radius 2 is 1.88 bits per heavy atom. The number of benzene rings is 1. The van der Waals surface area contributed by atoms with E-state index in [4.69, 9.17) is 15.6 Å². The van der Waals surface area contributed by atoms with Crippen LogP contribution in [-0.4, -0.2) is 18.2 Å². The standard InChI is InChI=1S/C12H17NO3.ClH/c1-7-6-10(16-4)8(2)5-9(7)12(3,13)11(14)15;/h5-6H,13H2,1-4H3,(H,14,15);1H. The number of carboxylic acids is 1. The molecule has 0 spiro atoms. The molecule has 1 aromatic carbocycles. The Labute approximate surface area is 107 Å². The van der Waals surface area contributed by atoms with Gasteiger partial charge in [-0.05, 0) is 49.6 Å². The van der Waals surface area contributed by atoms with Gasteiger partial charge in [0.05, 0.1) is 7.11 Å². The zero-order valence-electron chi connectivity index (χ0n) is 10.4. The van der Waals surface area contributed by atoms with E-state index in [2.05, 4.69) is 0 Å². The number of halogens is 1. The van der Waals surface area contributed by atoms with Crippen LogP contribution in [0.4, 0.5) is 0 Å². The van der Waals surface area contributed by atoms with Crippen LogP contribution in [0.3, 0.4) is 0 Å². The summed E-state index contributed by atoms with van der Waals surface area (Å²) in [5, 5.41) is 9.08. The van der Waals surface area contributed by atoms with Gasteiger partial charge >= 0.3 is 5.97 Å². The maximum Gasteiger partial charge on any atom is 0.328 e. The monoisotopic (exact) mass is 259 g/mol. The summed E-state index contributed by atoms with van der Waals surface area (Å²) in [6.07, 6.45) is 0. The SMILES string of the molecule is COc1cc(C)c(C(C)(N)C(=O)O)cc1C.Cl. The molecular weight excluding hydrogens is 242 g/mol. The Morgan fingerprint density at radius 3 is 2.29 bits per heavy atom. The highest BCUT2D eigenvalue weighted by Crippen LogP contribution is 2.28. The number of carboxylic acid groups (broad SMARTS) is 1. The summed E-state index contributed by atoms with van der Waals surface area (Å²) in [4.78, 5) is 11.1. The molecule has 1 rings (SSSR count). The van der Waals surface area contributed by atoms with Crippen molar-refractivity contribution >= 4 is 18.4 Å². The lowest BCUT2D eigenvalue weighted by Crippen LogP contribution is -2.42. The molecule has 1 atom stereocenters. The molecule has 0 radical (unpaired) electrons. The van der Waals surface area contributed by atoms with E-state index < -0.39 is 11.5 Å². The van der Waals surface area contributed by atoms with Crippen molar-refractivity contribution in [2.75, 3.05) is 7.11 Å². The number of methoxy groups -OCH3 is 1. The second-order valence-corrected chi connectivity index (χ2v) is 4.14. The van der Waals surface area contributed by atoms with E-state index in [9.17, 15) is 4.79 Å². The van der Waals surface area contributed by atoms with Gasteiger partial charge in [-0.2, -0.15) is 0 Å². The second-order valence-electron chi connectivity index (χ2n) is 4.14. The zero-order valence-corrected chi connectivity index (χ0v) is 11.2. The van der Waals surface area contributed by atoms with Crippen molar-refractivity contribution < 1.29 is 14.6 Å².